The van der Waals surface area contributed by atoms with Crippen molar-refractivity contribution < 1.29 is 45.5 Å². The molecule has 2 fully saturated rings. The summed E-state index contributed by atoms with van der Waals surface area (Å²) in [4.78, 5) is 41.9. The number of rotatable bonds is 8. The molecule has 1 atom stereocenters. The molecule has 0 aliphatic carbocycles. The number of hydrogen-bond acceptors (Lipinski definition) is 8. The van der Waals surface area contributed by atoms with Crippen LogP contribution in [-0.4, -0.2) is 51.7 Å². The lowest BCUT2D eigenvalue weighted by Crippen LogP contribution is -2.48. The minimum atomic E-state index is -5.00. The van der Waals surface area contributed by atoms with Crippen molar-refractivity contribution in [1.82, 2.24) is 10.2 Å². The largest absolute Gasteiger partial charge is 0.456 e. The number of benzene rings is 2. The molecule has 1 unspecified atom stereocenters. The summed E-state index contributed by atoms with van der Waals surface area (Å²) in [6.07, 6.45) is -6.65. The van der Waals surface area contributed by atoms with Crippen LogP contribution in [0.4, 0.5) is 32.0 Å². The number of piperidine rings is 1. The van der Waals surface area contributed by atoms with Gasteiger partial charge in [-0.3, -0.25) is 14.5 Å². The first-order valence-electron chi connectivity index (χ1n) is 15.8. The van der Waals surface area contributed by atoms with Crippen LogP contribution in [0.5, 0.6) is 0 Å². The highest BCUT2D eigenvalue weighted by Crippen LogP contribution is 2.41. The Morgan fingerprint density at radius 3 is 2.16 bits per heavy atom. The first-order valence-corrected chi connectivity index (χ1v) is 17.9. The Kier molecular flexibility index (Phi) is 11.4. The number of hydrogen-bond donors (Lipinski definition) is 2. The Bertz CT molecular complexity index is 1810. The van der Waals surface area contributed by atoms with Gasteiger partial charge < -0.3 is 15.4 Å². The summed E-state index contributed by atoms with van der Waals surface area (Å²) in [5.41, 5.74) is -3.04. The van der Waals surface area contributed by atoms with Gasteiger partial charge in [0.05, 0.1) is 21.6 Å². The van der Waals surface area contributed by atoms with E-state index in [0.29, 0.717) is 34.7 Å². The fraction of sp³-hybridized carbons (Fsp3) is 0.371. The summed E-state index contributed by atoms with van der Waals surface area (Å²) in [5.74, 6) is -1.45. The molecule has 272 valence electrons. The summed E-state index contributed by atoms with van der Waals surface area (Å²) in [6, 6.07) is 7.93. The van der Waals surface area contributed by atoms with Crippen molar-refractivity contribution in [1.29, 1.82) is 0 Å². The molecular formula is C35H33F6N3O4S3. The number of nitrogens with zero attached hydrogens (tertiary/aromatic N) is 1. The van der Waals surface area contributed by atoms with Crippen LogP contribution in [0.1, 0.15) is 66.4 Å². The predicted octanol–water partition coefficient (Wildman–Crippen LogP) is 9.01. The average Bonchev–Trinajstić information content (AvgIpc) is 3.62. The number of thioether (sulfide) groups is 1. The summed E-state index contributed by atoms with van der Waals surface area (Å²) < 4.78 is 86.2. The molecule has 16 heteroatoms. The number of alkyl halides is 6. The maximum atomic E-state index is 13.8. The molecule has 1 aromatic heterocycles. The lowest BCUT2D eigenvalue weighted by molar-refractivity contribution is -0.143. The lowest BCUT2D eigenvalue weighted by atomic mass is 9.90. The van der Waals surface area contributed by atoms with Crippen molar-refractivity contribution in [3.8, 4) is 11.1 Å². The summed E-state index contributed by atoms with van der Waals surface area (Å²) in [5, 5.41) is 7.51. The number of thiophene rings is 1. The first-order chi connectivity index (χ1) is 23.8. The molecule has 2 aliphatic rings. The van der Waals surface area contributed by atoms with E-state index in [1.165, 1.54) is 34.6 Å². The summed E-state index contributed by atoms with van der Waals surface area (Å²) >= 11 is 7.56. The molecule has 5 rings (SSSR count). The van der Waals surface area contributed by atoms with E-state index in [1.54, 1.807) is 32.9 Å². The number of halogens is 6. The zero-order chi connectivity index (χ0) is 37.3. The maximum absolute atomic E-state index is 13.8. The fourth-order valence-corrected chi connectivity index (χ4v) is 7.86. The minimum Gasteiger partial charge on any atom is -0.456 e. The van der Waals surface area contributed by atoms with E-state index < -0.39 is 52.9 Å². The van der Waals surface area contributed by atoms with E-state index >= 15 is 0 Å². The second-order valence-corrected chi connectivity index (χ2v) is 15.7. The Morgan fingerprint density at radius 1 is 0.980 bits per heavy atom. The van der Waals surface area contributed by atoms with Gasteiger partial charge in [-0.25, -0.2) is 4.79 Å². The smallest absolute Gasteiger partial charge is 0.416 e. The molecule has 2 saturated heterocycles. The molecule has 51 heavy (non-hydrogen) atoms. The van der Waals surface area contributed by atoms with Gasteiger partial charge in [0.15, 0.2) is 0 Å². The number of thiocarbonyl (C=S) groups is 1. The monoisotopic (exact) mass is 769 g/mol. The Morgan fingerprint density at radius 2 is 1.59 bits per heavy atom. The molecule has 3 heterocycles. The molecular weight excluding hydrogens is 737 g/mol. The second-order valence-electron chi connectivity index (χ2n) is 13.1. The zero-order valence-electron chi connectivity index (χ0n) is 27.5. The molecule has 0 bridgehead atoms. The van der Waals surface area contributed by atoms with Crippen LogP contribution < -0.4 is 10.6 Å². The number of amides is 2. The SMILES string of the molecule is CC(C)(C)OC(=O)c1ccc(NC(=O)C(CC2CCNCC2)N2C(=O)/C(=C/c3cc(-c4cc(C(F)(F)F)cc(C(F)(F)F)c4)cs3)SC2=S)cc1. The Labute approximate surface area is 303 Å². The highest BCUT2D eigenvalue weighted by molar-refractivity contribution is 8.26. The number of esters is 1. The van der Waals surface area contributed by atoms with Crippen LogP contribution in [0.25, 0.3) is 17.2 Å². The van der Waals surface area contributed by atoms with E-state index in [9.17, 15) is 40.7 Å². The van der Waals surface area contributed by atoms with E-state index in [0.717, 1.165) is 49.0 Å². The normalized spacial score (nSPS) is 17.6. The van der Waals surface area contributed by atoms with Crippen molar-refractivity contribution in [3.05, 3.63) is 80.4 Å². The van der Waals surface area contributed by atoms with Crippen molar-refractivity contribution in [2.45, 2.75) is 64.0 Å². The van der Waals surface area contributed by atoms with E-state index in [2.05, 4.69) is 10.6 Å². The molecule has 7 nitrogen and oxygen atoms in total. The van der Waals surface area contributed by atoms with Crippen LogP contribution in [-0.2, 0) is 26.7 Å². The van der Waals surface area contributed by atoms with E-state index in [4.69, 9.17) is 17.0 Å². The fourth-order valence-electron chi connectivity index (χ4n) is 5.59. The predicted molar refractivity (Wildman–Crippen MR) is 189 cm³/mol. The first kappa shape index (κ1) is 38.5. The molecule has 0 radical (unpaired) electrons. The quantitative estimate of drug-likeness (QED) is 0.102. The van der Waals surface area contributed by atoms with Gasteiger partial charge in [-0.1, -0.05) is 24.0 Å². The third-order valence-corrected chi connectivity index (χ3v) is 10.3. The highest BCUT2D eigenvalue weighted by Gasteiger charge is 2.42. The van der Waals surface area contributed by atoms with Crippen LogP contribution in [0.15, 0.2) is 58.8 Å². The highest BCUT2D eigenvalue weighted by atomic mass is 32.2. The van der Waals surface area contributed by atoms with E-state index in [1.807, 2.05) is 0 Å². The van der Waals surface area contributed by atoms with Crippen molar-refractivity contribution >= 4 is 69.2 Å². The van der Waals surface area contributed by atoms with Gasteiger partial charge in [-0.2, -0.15) is 26.3 Å². The van der Waals surface area contributed by atoms with Gasteiger partial charge in [-0.15, -0.1) is 11.3 Å². The molecule has 0 spiro atoms. The minimum absolute atomic E-state index is 0.0671. The van der Waals surface area contributed by atoms with Crippen molar-refractivity contribution in [2.24, 2.45) is 5.92 Å². The van der Waals surface area contributed by atoms with Crippen molar-refractivity contribution in [3.63, 3.8) is 0 Å². The standard InChI is InChI=1S/C35H33F6N3O4S3/c1-33(2,3)48-31(47)20-4-6-25(7-5-20)43-29(45)27(12-19-8-10-42-11-9-19)44-30(46)28(51-32(44)49)17-26-15-22(18-50-26)21-13-23(34(36,37)38)16-24(14-21)35(39,40)41/h4-7,13-19,27,42H,8-12H2,1-3H3,(H,43,45)/b28-17-. The third kappa shape index (κ3) is 9.78. The number of carbonyl (C=O) groups excluding carboxylic acids is 3. The van der Waals surface area contributed by atoms with Crippen LogP contribution in [0.3, 0.4) is 0 Å². The number of ether oxygens (including phenoxy) is 1. The molecule has 0 saturated carbocycles. The van der Waals surface area contributed by atoms with Gasteiger partial charge in [-0.05, 0) is 130 Å². The van der Waals surface area contributed by atoms with Gasteiger partial charge in [0.1, 0.15) is 16.0 Å². The Balaban J connectivity index is 1.38. The second kappa shape index (κ2) is 15.1. The third-order valence-electron chi connectivity index (χ3n) is 8.05. The zero-order valence-corrected chi connectivity index (χ0v) is 30.0. The van der Waals surface area contributed by atoms with Crippen LogP contribution >= 0.6 is 35.3 Å². The van der Waals surface area contributed by atoms with Gasteiger partial charge >= 0.3 is 18.3 Å². The number of nitrogens with one attached hydrogen (secondary N) is 2. The summed E-state index contributed by atoms with van der Waals surface area (Å²) in [7, 11) is 0. The van der Waals surface area contributed by atoms with Crippen LogP contribution in [0.2, 0.25) is 0 Å². The van der Waals surface area contributed by atoms with Gasteiger partial charge in [0.2, 0.25) is 5.91 Å². The topological polar surface area (TPSA) is 87.7 Å². The molecule has 2 aliphatic heterocycles. The van der Waals surface area contributed by atoms with Crippen molar-refractivity contribution in [2.75, 3.05) is 18.4 Å². The number of carbonyl (C=O) groups is 3. The average molecular weight is 770 g/mol. The lowest BCUT2D eigenvalue weighted by Gasteiger charge is -2.31. The maximum Gasteiger partial charge on any atom is 0.416 e. The van der Waals surface area contributed by atoms with Crippen LogP contribution in [0, 0.1) is 5.92 Å². The summed E-state index contributed by atoms with van der Waals surface area (Å²) in [6.45, 7) is 6.75. The van der Waals surface area contributed by atoms with Gasteiger partial charge in [0.25, 0.3) is 5.91 Å². The van der Waals surface area contributed by atoms with Gasteiger partial charge in [0, 0.05) is 10.6 Å². The molecule has 2 amide bonds. The number of anilines is 1. The Hall–Kier alpha value is -3.73. The molecule has 2 N–H and O–H groups in total. The molecule has 3 aromatic rings. The molecule has 2 aromatic carbocycles. The van der Waals surface area contributed by atoms with E-state index in [-0.39, 0.29) is 32.3 Å².